The fourth-order valence-corrected chi connectivity index (χ4v) is 12.9. The van der Waals surface area contributed by atoms with Crippen LogP contribution in [0.3, 0.4) is 0 Å². The molecule has 5 aromatic heterocycles. The van der Waals surface area contributed by atoms with Crippen molar-refractivity contribution < 1.29 is 30.3 Å². The zero-order valence-electron chi connectivity index (χ0n) is 39.6. The number of para-hydroxylation sites is 2. The Morgan fingerprint density at radius 1 is 0.723 bits per heavy atom. The molecule has 0 unspecified atom stereocenters. The molecule has 0 amide bonds. The number of pyridine rings is 2. The van der Waals surface area contributed by atoms with Crippen LogP contribution >= 0.6 is 0 Å². The van der Waals surface area contributed by atoms with E-state index < -0.39 is 19.3 Å². The molecule has 10 aromatic rings. The van der Waals surface area contributed by atoms with E-state index in [4.69, 9.17) is 23.8 Å². The summed E-state index contributed by atoms with van der Waals surface area (Å²) in [6.45, 7) is 11.0. The quantitative estimate of drug-likeness (QED) is 0.123. The van der Waals surface area contributed by atoms with Gasteiger partial charge in [-0.15, -0.1) is 18.2 Å². The van der Waals surface area contributed by atoms with Crippen LogP contribution in [0.2, 0.25) is 17.3 Å². The molecule has 1 fully saturated rings. The van der Waals surface area contributed by atoms with E-state index in [1.807, 2.05) is 36.4 Å². The van der Waals surface area contributed by atoms with Crippen molar-refractivity contribution in [1.29, 1.82) is 0 Å². The van der Waals surface area contributed by atoms with E-state index in [0.29, 0.717) is 11.6 Å². The van der Waals surface area contributed by atoms with Crippen molar-refractivity contribution >= 4 is 72.7 Å². The van der Waals surface area contributed by atoms with Gasteiger partial charge in [-0.1, -0.05) is 84.8 Å². The number of furan rings is 2. The molecule has 331 valence electrons. The van der Waals surface area contributed by atoms with Gasteiger partial charge in [0, 0.05) is 31.5 Å². The summed E-state index contributed by atoms with van der Waals surface area (Å²) in [5.41, 5.74) is 12.4. The summed E-state index contributed by atoms with van der Waals surface area (Å²) in [4.78, 5) is 14.7. The van der Waals surface area contributed by atoms with Crippen molar-refractivity contribution in [3.05, 3.63) is 145 Å². The van der Waals surface area contributed by atoms with Gasteiger partial charge in [0.15, 0.2) is 0 Å². The molecule has 1 aliphatic rings. The Kier molecular flexibility index (Phi) is 11.9. The van der Waals surface area contributed by atoms with E-state index in [9.17, 15) is 1.37 Å². The molecule has 1 saturated carbocycles. The zero-order valence-corrected chi connectivity index (χ0v) is 43.1. The first-order valence-corrected chi connectivity index (χ1v) is 30.2. The largest absolute Gasteiger partial charge is 0.501 e. The second-order valence-corrected chi connectivity index (χ2v) is 30.3. The molecular weight excluding hydrogens is 1040 g/mol. The number of fused-ring (bicyclic) bond motifs is 7. The van der Waals surface area contributed by atoms with Crippen LogP contribution in [0, 0.1) is 12.1 Å². The van der Waals surface area contributed by atoms with Gasteiger partial charge in [-0.3, -0.25) is 4.98 Å². The van der Waals surface area contributed by atoms with Crippen molar-refractivity contribution in [2.75, 3.05) is 0 Å². The third-order valence-electron chi connectivity index (χ3n) is 12.8. The van der Waals surface area contributed by atoms with Crippen LogP contribution in [0.4, 0.5) is 0 Å². The van der Waals surface area contributed by atoms with Gasteiger partial charge in [0.2, 0.25) is 0 Å². The van der Waals surface area contributed by atoms with Crippen molar-refractivity contribution in [1.82, 2.24) is 19.5 Å². The Labute approximate surface area is 400 Å². The van der Waals surface area contributed by atoms with Crippen LogP contribution in [0.25, 0.3) is 88.8 Å². The maximum absolute atomic E-state index is 9.47. The summed E-state index contributed by atoms with van der Waals surface area (Å²) in [7, 11) is 0. The number of nitrogens with zero attached hydrogens (tertiary/aromatic N) is 4. The number of rotatable bonds is 6. The van der Waals surface area contributed by atoms with Crippen molar-refractivity contribution in [2.45, 2.75) is 101 Å². The number of imidazole rings is 1. The van der Waals surface area contributed by atoms with Crippen LogP contribution in [0.15, 0.2) is 130 Å². The Bertz CT molecular complexity index is 3390. The van der Waals surface area contributed by atoms with Gasteiger partial charge in [0.1, 0.15) is 5.58 Å². The van der Waals surface area contributed by atoms with E-state index in [-0.39, 0.29) is 25.5 Å². The molecule has 1 radical (unpaired) electrons. The summed E-state index contributed by atoms with van der Waals surface area (Å²) in [6.07, 6.45) is 7.09. The van der Waals surface area contributed by atoms with Crippen LogP contribution < -0.4 is 4.40 Å². The van der Waals surface area contributed by atoms with Crippen LogP contribution in [0.5, 0.6) is 0 Å². The number of hydrogen-bond donors (Lipinski definition) is 0. The third kappa shape index (κ3) is 8.52. The maximum Gasteiger partial charge on any atom is 0.121 e. The first-order chi connectivity index (χ1) is 31.2. The predicted octanol–water partition coefficient (Wildman–Crippen LogP) is 15.4. The Hall–Kier alpha value is -5.34. The molecule has 5 aromatic carbocycles. The standard InChI is InChI=1S/C31H25N2O.C26H31GeN2O.Ir/c1-3-10-21(11-4-1)22-18-19-24-25-14-9-15-26(30(25)34-29(24)20-22)31-32-27-16-7-8-17-28(27)33(31)23-12-5-2-6-13-23;1-16(2)20-14-22(28-15-21(20)27(6,7)8)19-11-9-10-17-18-12-13-23(26(3,4)5)29-25(18)30-24(17)19;/h1,3-4,7-11,14,16-20,23H,2,5-6,12-13H2;9-10,12-16H,1-8H3;/q2*-1;/i23D;;. The molecule has 0 saturated heterocycles. The van der Waals surface area contributed by atoms with Gasteiger partial charge >= 0.3 is 182 Å². The van der Waals surface area contributed by atoms with Gasteiger partial charge in [0.05, 0.1) is 23.8 Å². The normalized spacial score (nSPS) is 14.5. The summed E-state index contributed by atoms with van der Waals surface area (Å²) in [6, 6.07) is 45.6. The summed E-state index contributed by atoms with van der Waals surface area (Å²) in [5.74, 6) is 8.50. The van der Waals surface area contributed by atoms with E-state index in [0.717, 1.165) is 114 Å². The molecule has 6 nitrogen and oxygen atoms in total. The molecular formula is C57H56GeIrN4O2-2. The Balaban J connectivity index is 0.000000166. The SMILES string of the molecule is CC(C)c1cc(-c2[c-]ccc3c2oc2nc(C(C)(C)C)ccc23)nc[c]1[Ge]([CH3])([CH3])[CH3].[2H]C1(n2c(-c3[c-]ccc4c3oc3cc(-c5ccccc5)ccc34)nc3ccccc32)CCCCC1.[Ir]. The molecule has 0 spiro atoms. The molecule has 8 heteroatoms. The van der Waals surface area contributed by atoms with Gasteiger partial charge in [-0.25, -0.2) is 0 Å². The minimum atomic E-state index is -2.01. The Morgan fingerprint density at radius 2 is 1.40 bits per heavy atom. The predicted molar refractivity (Wildman–Crippen MR) is 268 cm³/mol. The van der Waals surface area contributed by atoms with Crippen LogP contribution in [0.1, 0.15) is 91.3 Å². The van der Waals surface area contributed by atoms with E-state index >= 15 is 0 Å². The van der Waals surface area contributed by atoms with Crippen molar-refractivity contribution in [2.24, 2.45) is 0 Å². The summed E-state index contributed by atoms with van der Waals surface area (Å²) in [5, 5.41) is 4.24. The molecule has 0 N–H and O–H groups in total. The number of aromatic nitrogens is 4. The number of benzene rings is 5. The molecule has 0 bridgehead atoms. The molecule has 1 aliphatic carbocycles. The molecule has 0 aliphatic heterocycles. The smallest absolute Gasteiger partial charge is 0.121 e. The van der Waals surface area contributed by atoms with Crippen LogP contribution in [-0.2, 0) is 25.5 Å². The van der Waals surface area contributed by atoms with Gasteiger partial charge in [-0.2, -0.15) is 0 Å². The second kappa shape index (κ2) is 17.8. The fraction of sp³-hybridized carbons (Fsp3) is 0.281. The first-order valence-electron chi connectivity index (χ1n) is 23.3. The monoisotopic (exact) mass is 1100 g/mol. The third-order valence-corrected chi connectivity index (χ3v) is 17.0. The van der Waals surface area contributed by atoms with E-state index in [1.54, 1.807) is 0 Å². The minimum absolute atomic E-state index is 0. The molecule has 5 heterocycles. The summed E-state index contributed by atoms with van der Waals surface area (Å²) >= 11 is -2.01. The Morgan fingerprint density at radius 3 is 2.12 bits per heavy atom. The topological polar surface area (TPSA) is 69.9 Å². The number of hydrogen-bond acceptors (Lipinski definition) is 5. The first kappa shape index (κ1) is 43.5. The average Bonchev–Trinajstić information content (AvgIpc) is 4.00. The fourth-order valence-electron chi connectivity index (χ4n) is 9.36. The van der Waals surface area contributed by atoms with E-state index in [2.05, 4.69) is 154 Å². The van der Waals surface area contributed by atoms with Gasteiger partial charge in [-0.05, 0) is 42.2 Å². The summed E-state index contributed by atoms with van der Waals surface area (Å²) < 4.78 is 25.9. The zero-order chi connectivity index (χ0) is 45.3. The van der Waals surface area contributed by atoms with Crippen molar-refractivity contribution in [3.63, 3.8) is 0 Å². The molecule has 65 heavy (non-hydrogen) atoms. The van der Waals surface area contributed by atoms with Gasteiger partial charge in [0.25, 0.3) is 0 Å². The molecule has 0 atom stereocenters. The maximum atomic E-state index is 9.47. The second-order valence-electron chi connectivity index (χ2n) is 19.7. The van der Waals surface area contributed by atoms with Gasteiger partial charge < -0.3 is 8.98 Å². The van der Waals surface area contributed by atoms with Crippen LogP contribution in [-0.4, -0.2) is 32.8 Å². The minimum Gasteiger partial charge on any atom is -0.501 e. The average molecular weight is 1090 g/mol. The molecule has 11 rings (SSSR count). The van der Waals surface area contributed by atoms with Crippen molar-refractivity contribution in [3.8, 4) is 33.8 Å². The van der Waals surface area contributed by atoms with E-state index in [1.165, 1.54) is 16.4 Å².